The van der Waals surface area contributed by atoms with Crippen LogP contribution < -0.4 is 4.90 Å². The van der Waals surface area contributed by atoms with Crippen molar-refractivity contribution >= 4 is 29.1 Å². The number of fused-ring (bicyclic) bond motifs is 1. The van der Waals surface area contributed by atoms with Gasteiger partial charge in [0.15, 0.2) is 0 Å². The van der Waals surface area contributed by atoms with E-state index in [0.29, 0.717) is 4.90 Å². The smallest absolute Gasteiger partial charge is 0.266 e. The summed E-state index contributed by atoms with van der Waals surface area (Å²) in [4.78, 5) is 27.2. The molecule has 1 aromatic heterocycles. The van der Waals surface area contributed by atoms with Gasteiger partial charge in [0.1, 0.15) is 10.7 Å². The number of imide groups is 1. The first-order chi connectivity index (χ1) is 9.93. The molecule has 0 aliphatic carbocycles. The Kier molecular flexibility index (Phi) is 2.94. The molecule has 2 amide bonds. The molecule has 1 aliphatic rings. The normalized spacial score (nSPS) is 13.8. The Morgan fingerprint density at radius 3 is 2.00 bits per heavy atom. The molecule has 8 heteroatoms. The maximum absolute atomic E-state index is 13.8. The number of halogens is 4. The first kappa shape index (κ1) is 13.6. The fourth-order valence-corrected chi connectivity index (χ4v) is 2.27. The molecule has 0 saturated carbocycles. The van der Waals surface area contributed by atoms with Gasteiger partial charge in [-0.05, 0) is 12.1 Å². The molecule has 106 valence electrons. The summed E-state index contributed by atoms with van der Waals surface area (Å²) >= 11 is 5.53. The molecule has 2 aromatic rings. The molecule has 0 saturated heterocycles. The van der Waals surface area contributed by atoms with Crippen molar-refractivity contribution in [3.05, 3.63) is 58.1 Å². The molecule has 0 radical (unpaired) electrons. The van der Waals surface area contributed by atoms with Crippen LogP contribution in [0.5, 0.6) is 0 Å². The largest absolute Gasteiger partial charge is 0.268 e. The van der Waals surface area contributed by atoms with Gasteiger partial charge in [-0.15, -0.1) is 0 Å². The van der Waals surface area contributed by atoms with Crippen LogP contribution in [0.4, 0.5) is 18.9 Å². The van der Waals surface area contributed by atoms with E-state index >= 15 is 0 Å². The quantitative estimate of drug-likeness (QED) is 0.601. The number of rotatable bonds is 1. The molecule has 0 bridgehead atoms. The molecule has 0 fully saturated rings. The number of amides is 2. The Hall–Kier alpha value is -2.41. The van der Waals surface area contributed by atoms with E-state index in [-0.39, 0.29) is 11.1 Å². The zero-order valence-electron chi connectivity index (χ0n) is 10.0. The van der Waals surface area contributed by atoms with Gasteiger partial charge >= 0.3 is 0 Å². The first-order valence-corrected chi connectivity index (χ1v) is 5.99. The summed E-state index contributed by atoms with van der Waals surface area (Å²) in [5.74, 6) is -6.80. The van der Waals surface area contributed by atoms with Gasteiger partial charge in [-0.2, -0.15) is 18.2 Å². The minimum Gasteiger partial charge on any atom is -0.268 e. The van der Waals surface area contributed by atoms with Gasteiger partial charge in [0.2, 0.25) is 11.8 Å². The van der Waals surface area contributed by atoms with E-state index in [9.17, 15) is 22.8 Å². The second-order valence-corrected chi connectivity index (χ2v) is 4.54. The van der Waals surface area contributed by atoms with Crippen LogP contribution in [0.25, 0.3) is 0 Å². The highest BCUT2D eigenvalue weighted by atomic mass is 35.5. The Morgan fingerprint density at radius 2 is 1.48 bits per heavy atom. The number of carbonyl (C=O) groups excluding carboxylic acids is 2. The zero-order valence-corrected chi connectivity index (χ0v) is 10.8. The Morgan fingerprint density at radius 1 is 0.952 bits per heavy atom. The lowest BCUT2D eigenvalue weighted by Crippen LogP contribution is -2.31. The molecule has 0 spiro atoms. The number of pyridine rings is 1. The van der Waals surface area contributed by atoms with Crippen LogP contribution in [-0.4, -0.2) is 16.8 Å². The average Bonchev–Trinajstić information content (AvgIpc) is 2.71. The minimum atomic E-state index is -1.79. The number of aromatic nitrogens is 1. The van der Waals surface area contributed by atoms with Crippen molar-refractivity contribution in [1.82, 2.24) is 4.98 Å². The number of carbonyl (C=O) groups is 2. The molecule has 0 unspecified atom stereocenters. The Balaban J connectivity index is 2.25. The van der Waals surface area contributed by atoms with Crippen molar-refractivity contribution in [3.63, 3.8) is 0 Å². The number of nitrogens with zero attached hydrogens (tertiary/aromatic N) is 2. The van der Waals surface area contributed by atoms with Crippen molar-refractivity contribution in [2.24, 2.45) is 0 Å². The second-order valence-electron chi connectivity index (χ2n) is 4.16. The summed E-state index contributed by atoms with van der Waals surface area (Å²) in [6, 6.07) is 5.68. The van der Waals surface area contributed by atoms with E-state index in [1.54, 1.807) is 0 Å². The van der Waals surface area contributed by atoms with E-state index in [2.05, 4.69) is 4.98 Å². The van der Waals surface area contributed by atoms with Gasteiger partial charge < -0.3 is 0 Å². The fraction of sp³-hybridized carbons (Fsp3) is 0. The molecule has 0 N–H and O–H groups in total. The van der Waals surface area contributed by atoms with Crippen molar-refractivity contribution in [2.45, 2.75) is 0 Å². The first-order valence-electron chi connectivity index (χ1n) is 5.61. The lowest BCUT2D eigenvalue weighted by atomic mass is 10.1. The Bertz CT molecular complexity index is 749. The van der Waals surface area contributed by atoms with E-state index in [0.717, 1.165) is 0 Å². The minimum absolute atomic E-state index is 0.00408. The highest BCUT2D eigenvalue weighted by Gasteiger charge is 2.40. The molecular formula is C13H4ClF3N2O2. The van der Waals surface area contributed by atoms with Crippen LogP contribution in [0, 0.1) is 17.7 Å². The maximum Gasteiger partial charge on any atom is 0.266 e. The van der Waals surface area contributed by atoms with Crippen LogP contribution in [-0.2, 0) is 0 Å². The van der Waals surface area contributed by atoms with Crippen molar-refractivity contribution in [1.29, 1.82) is 0 Å². The summed E-state index contributed by atoms with van der Waals surface area (Å²) in [5, 5.41) is -0.941. The van der Waals surface area contributed by atoms with Gasteiger partial charge in [0, 0.05) is 0 Å². The van der Waals surface area contributed by atoms with E-state index in [1.807, 2.05) is 0 Å². The second kappa shape index (κ2) is 4.56. The van der Waals surface area contributed by atoms with Crippen molar-refractivity contribution in [3.8, 4) is 0 Å². The Labute approximate surface area is 120 Å². The third kappa shape index (κ3) is 1.81. The molecular weight excluding hydrogens is 309 g/mol. The predicted molar refractivity (Wildman–Crippen MR) is 66.7 cm³/mol. The van der Waals surface area contributed by atoms with Gasteiger partial charge in [-0.1, -0.05) is 23.7 Å². The van der Waals surface area contributed by atoms with Crippen LogP contribution in [0.15, 0.2) is 24.3 Å². The summed E-state index contributed by atoms with van der Waals surface area (Å²) in [5.41, 5.74) is -0.987. The van der Waals surface area contributed by atoms with Gasteiger partial charge in [0.25, 0.3) is 17.8 Å². The van der Waals surface area contributed by atoms with Crippen LogP contribution >= 0.6 is 11.6 Å². The van der Waals surface area contributed by atoms with Crippen LogP contribution in [0.3, 0.4) is 0 Å². The number of anilines is 1. The molecule has 1 aliphatic heterocycles. The fourth-order valence-electron chi connectivity index (χ4n) is 2.06. The number of hydrogen-bond acceptors (Lipinski definition) is 3. The lowest BCUT2D eigenvalue weighted by Gasteiger charge is -2.16. The summed E-state index contributed by atoms with van der Waals surface area (Å²) in [6.07, 6.45) is 0. The maximum atomic E-state index is 13.8. The van der Waals surface area contributed by atoms with Crippen LogP contribution in [0.1, 0.15) is 20.7 Å². The molecule has 1 aromatic carbocycles. The third-order valence-electron chi connectivity index (χ3n) is 2.99. The molecule has 0 atom stereocenters. The highest BCUT2D eigenvalue weighted by Crippen LogP contribution is 2.36. The topological polar surface area (TPSA) is 50.3 Å². The van der Waals surface area contributed by atoms with Crippen molar-refractivity contribution < 1.29 is 22.8 Å². The standard InChI is InChI=1S/C13H4ClF3N2O2/c14-7-9(8(15)11(17)18-10(7)16)19-12(20)5-3-1-2-4-6(5)13(19)21/h1-4H. The molecule has 21 heavy (non-hydrogen) atoms. The average molecular weight is 313 g/mol. The number of hydrogen-bond donors (Lipinski definition) is 0. The summed E-state index contributed by atoms with van der Waals surface area (Å²) in [7, 11) is 0. The van der Waals surface area contributed by atoms with Crippen LogP contribution in [0.2, 0.25) is 5.02 Å². The predicted octanol–water partition coefficient (Wildman–Crippen LogP) is 2.95. The lowest BCUT2D eigenvalue weighted by molar-refractivity contribution is 0.0924. The van der Waals surface area contributed by atoms with Gasteiger partial charge in [0.05, 0.1) is 11.1 Å². The monoisotopic (exact) mass is 312 g/mol. The molecule has 2 heterocycles. The van der Waals surface area contributed by atoms with E-state index < -0.39 is 40.2 Å². The van der Waals surface area contributed by atoms with Gasteiger partial charge in [-0.3, -0.25) is 9.59 Å². The summed E-state index contributed by atoms with van der Waals surface area (Å²) in [6.45, 7) is 0. The number of benzene rings is 1. The zero-order chi connectivity index (χ0) is 15.3. The molecule has 3 rings (SSSR count). The SMILES string of the molecule is O=C1c2ccccc2C(=O)N1c1c(F)c(F)nc(F)c1Cl. The van der Waals surface area contributed by atoms with Crippen molar-refractivity contribution in [2.75, 3.05) is 4.90 Å². The highest BCUT2D eigenvalue weighted by molar-refractivity contribution is 6.39. The van der Waals surface area contributed by atoms with Gasteiger partial charge in [-0.25, -0.2) is 4.90 Å². The van der Waals surface area contributed by atoms with E-state index in [1.165, 1.54) is 24.3 Å². The molecule has 4 nitrogen and oxygen atoms in total. The third-order valence-corrected chi connectivity index (χ3v) is 3.33. The van der Waals surface area contributed by atoms with E-state index in [4.69, 9.17) is 11.6 Å². The summed E-state index contributed by atoms with van der Waals surface area (Å²) < 4.78 is 40.4.